The van der Waals surface area contributed by atoms with Gasteiger partial charge in [0.05, 0.1) is 0 Å². The minimum atomic E-state index is -0.925. The van der Waals surface area contributed by atoms with Crippen LogP contribution in [0, 0.1) is 17.6 Å². The molecule has 0 spiro atoms. The summed E-state index contributed by atoms with van der Waals surface area (Å²) in [6, 6.07) is 3.60. The molecule has 1 aromatic carbocycles. The van der Waals surface area contributed by atoms with Gasteiger partial charge in [-0.25, -0.2) is 13.5 Å². The maximum absolute atomic E-state index is 13.2. The van der Waals surface area contributed by atoms with E-state index in [0.29, 0.717) is 17.9 Å². The van der Waals surface area contributed by atoms with E-state index >= 15 is 0 Å². The first-order valence-corrected chi connectivity index (χ1v) is 6.36. The second-order valence-corrected chi connectivity index (χ2v) is 4.91. The van der Waals surface area contributed by atoms with Gasteiger partial charge in [0.1, 0.15) is 0 Å². The van der Waals surface area contributed by atoms with Gasteiger partial charge >= 0.3 is 5.97 Å². The van der Waals surface area contributed by atoms with Gasteiger partial charge in [-0.1, -0.05) is 13.0 Å². The molecule has 0 saturated carbocycles. The molecule has 2 rings (SSSR count). The standard InChI is InChI=1S/C13H14F2N4O2/c1-8(4-13(20)21)7-19-12(16-17-18-19)6-9-2-3-10(14)11(15)5-9/h2-3,5,8H,4,6-7H2,1H3,(H,20,21). The van der Waals surface area contributed by atoms with Crippen molar-refractivity contribution < 1.29 is 18.7 Å². The molecule has 0 radical (unpaired) electrons. The molecule has 0 aliphatic rings. The fourth-order valence-corrected chi connectivity index (χ4v) is 1.98. The third-order valence-electron chi connectivity index (χ3n) is 2.96. The minimum Gasteiger partial charge on any atom is -0.481 e. The van der Waals surface area contributed by atoms with Crippen molar-refractivity contribution in [2.24, 2.45) is 5.92 Å². The summed E-state index contributed by atoms with van der Waals surface area (Å²) in [5, 5.41) is 19.9. The van der Waals surface area contributed by atoms with E-state index in [1.165, 1.54) is 10.7 Å². The molecule has 2 aromatic rings. The maximum atomic E-state index is 13.2. The predicted octanol–water partition coefficient (Wildman–Crippen LogP) is 1.65. The van der Waals surface area contributed by atoms with E-state index in [1.807, 2.05) is 0 Å². The molecule has 1 atom stereocenters. The Balaban J connectivity index is 2.09. The fraction of sp³-hybridized carbons (Fsp3) is 0.385. The van der Waals surface area contributed by atoms with Crippen molar-refractivity contribution in [1.29, 1.82) is 0 Å². The third-order valence-corrected chi connectivity index (χ3v) is 2.96. The van der Waals surface area contributed by atoms with Gasteiger partial charge in [0.2, 0.25) is 0 Å². The molecule has 0 aliphatic carbocycles. The fourth-order valence-electron chi connectivity index (χ4n) is 1.98. The number of hydrogen-bond acceptors (Lipinski definition) is 4. The normalized spacial score (nSPS) is 12.3. The topological polar surface area (TPSA) is 80.9 Å². The monoisotopic (exact) mass is 296 g/mol. The van der Waals surface area contributed by atoms with E-state index in [9.17, 15) is 13.6 Å². The van der Waals surface area contributed by atoms with Crippen LogP contribution in [0.1, 0.15) is 24.7 Å². The van der Waals surface area contributed by atoms with Crippen LogP contribution in [0.15, 0.2) is 18.2 Å². The Morgan fingerprint density at radius 2 is 2.14 bits per heavy atom. The van der Waals surface area contributed by atoms with E-state index in [4.69, 9.17) is 5.11 Å². The maximum Gasteiger partial charge on any atom is 0.303 e. The van der Waals surface area contributed by atoms with Gasteiger partial charge < -0.3 is 5.11 Å². The van der Waals surface area contributed by atoms with Crippen LogP contribution in [-0.4, -0.2) is 31.3 Å². The van der Waals surface area contributed by atoms with Crippen LogP contribution in [0.4, 0.5) is 8.78 Å². The molecule has 0 saturated heterocycles. The van der Waals surface area contributed by atoms with Crippen molar-refractivity contribution in [2.75, 3.05) is 0 Å². The average molecular weight is 296 g/mol. The number of aliphatic carboxylic acids is 1. The van der Waals surface area contributed by atoms with Gasteiger partial charge in [-0.3, -0.25) is 4.79 Å². The van der Waals surface area contributed by atoms with Crippen molar-refractivity contribution in [3.63, 3.8) is 0 Å². The highest BCUT2D eigenvalue weighted by Gasteiger charge is 2.14. The number of rotatable bonds is 6. The molecule has 1 heterocycles. The summed E-state index contributed by atoms with van der Waals surface area (Å²) in [6.45, 7) is 2.12. The Labute approximate surface area is 119 Å². The van der Waals surface area contributed by atoms with Crippen LogP contribution in [0.25, 0.3) is 0 Å². The van der Waals surface area contributed by atoms with Crippen molar-refractivity contribution in [3.05, 3.63) is 41.2 Å². The van der Waals surface area contributed by atoms with Crippen LogP contribution in [-0.2, 0) is 17.8 Å². The molecule has 0 fully saturated rings. The first-order chi connectivity index (χ1) is 9.95. The largest absolute Gasteiger partial charge is 0.481 e. The molecule has 6 nitrogen and oxygen atoms in total. The number of hydrogen-bond donors (Lipinski definition) is 1. The lowest BCUT2D eigenvalue weighted by atomic mass is 10.1. The number of carboxylic acid groups (broad SMARTS) is 1. The number of tetrazole rings is 1. The quantitative estimate of drug-likeness (QED) is 0.876. The second-order valence-electron chi connectivity index (χ2n) is 4.91. The Kier molecular flexibility index (Phi) is 4.56. The molecule has 21 heavy (non-hydrogen) atoms. The Morgan fingerprint density at radius 1 is 1.38 bits per heavy atom. The van der Waals surface area contributed by atoms with E-state index < -0.39 is 17.6 Å². The number of carboxylic acids is 1. The summed E-state index contributed by atoms with van der Waals surface area (Å²) in [7, 11) is 0. The van der Waals surface area contributed by atoms with Crippen molar-refractivity contribution in [2.45, 2.75) is 26.3 Å². The third kappa shape index (κ3) is 4.04. The van der Waals surface area contributed by atoms with E-state index in [-0.39, 0.29) is 18.8 Å². The van der Waals surface area contributed by atoms with Gasteiger partial charge in [-0.15, -0.1) is 5.10 Å². The van der Waals surface area contributed by atoms with Gasteiger partial charge in [0.25, 0.3) is 0 Å². The molecule has 0 bridgehead atoms. The van der Waals surface area contributed by atoms with E-state index in [2.05, 4.69) is 15.5 Å². The lowest BCUT2D eigenvalue weighted by Crippen LogP contribution is -2.15. The smallest absolute Gasteiger partial charge is 0.303 e. The second kappa shape index (κ2) is 6.38. The minimum absolute atomic E-state index is 0.00444. The highest BCUT2D eigenvalue weighted by atomic mass is 19.2. The van der Waals surface area contributed by atoms with E-state index in [0.717, 1.165) is 12.1 Å². The lowest BCUT2D eigenvalue weighted by Gasteiger charge is -2.10. The van der Waals surface area contributed by atoms with Gasteiger partial charge in [-0.05, 0) is 34.0 Å². The van der Waals surface area contributed by atoms with Crippen LogP contribution in [0.2, 0.25) is 0 Å². The van der Waals surface area contributed by atoms with Gasteiger partial charge in [0, 0.05) is 19.4 Å². The van der Waals surface area contributed by atoms with E-state index in [1.54, 1.807) is 6.92 Å². The summed E-state index contributed by atoms with van der Waals surface area (Å²) in [5.74, 6) is -2.40. The van der Waals surface area contributed by atoms with Gasteiger partial charge in [0.15, 0.2) is 17.5 Å². The van der Waals surface area contributed by atoms with Crippen LogP contribution in [0.5, 0.6) is 0 Å². The van der Waals surface area contributed by atoms with Crippen LogP contribution >= 0.6 is 0 Å². The van der Waals surface area contributed by atoms with Crippen LogP contribution in [0.3, 0.4) is 0 Å². The zero-order valence-electron chi connectivity index (χ0n) is 11.3. The lowest BCUT2D eigenvalue weighted by molar-refractivity contribution is -0.138. The van der Waals surface area contributed by atoms with Gasteiger partial charge in [-0.2, -0.15) is 0 Å². The van der Waals surface area contributed by atoms with Crippen molar-refractivity contribution >= 4 is 5.97 Å². The van der Waals surface area contributed by atoms with Crippen molar-refractivity contribution in [3.8, 4) is 0 Å². The molecule has 0 aliphatic heterocycles. The summed E-state index contributed by atoms with van der Waals surface area (Å²) in [4.78, 5) is 10.6. The highest BCUT2D eigenvalue weighted by molar-refractivity contribution is 5.66. The first kappa shape index (κ1) is 15.0. The zero-order valence-corrected chi connectivity index (χ0v) is 11.3. The average Bonchev–Trinajstić information content (AvgIpc) is 2.80. The SMILES string of the molecule is CC(CC(=O)O)Cn1nnnc1Cc1ccc(F)c(F)c1. The number of halogens is 2. The molecular weight excluding hydrogens is 282 g/mol. The summed E-state index contributed by atoms with van der Waals surface area (Å²) in [5.41, 5.74) is 0.538. The van der Waals surface area contributed by atoms with Crippen LogP contribution < -0.4 is 0 Å². The molecular formula is C13H14F2N4O2. The Bertz CT molecular complexity index is 645. The Hall–Kier alpha value is -2.38. The molecule has 0 amide bonds. The molecule has 1 aromatic heterocycles. The zero-order chi connectivity index (χ0) is 15.4. The number of carbonyl (C=O) groups is 1. The van der Waals surface area contributed by atoms with Crippen molar-refractivity contribution in [1.82, 2.24) is 20.2 Å². The molecule has 112 valence electrons. The molecule has 8 heteroatoms. The highest BCUT2D eigenvalue weighted by Crippen LogP contribution is 2.13. The molecule has 1 N–H and O–H groups in total. The number of benzene rings is 1. The first-order valence-electron chi connectivity index (χ1n) is 6.36. The predicted molar refractivity (Wildman–Crippen MR) is 68.4 cm³/mol. The molecule has 1 unspecified atom stereocenters. The summed E-state index contributed by atoms with van der Waals surface area (Å²) < 4.78 is 27.5. The number of nitrogens with zero attached hydrogens (tertiary/aromatic N) is 4. The Morgan fingerprint density at radius 3 is 2.81 bits per heavy atom. The summed E-state index contributed by atoms with van der Waals surface area (Å²) >= 11 is 0. The number of aromatic nitrogens is 4. The summed E-state index contributed by atoms with van der Waals surface area (Å²) in [6.07, 6.45) is 0.245.